The first-order valence-corrected chi connectivity index (χ1v) is 11.5. The van der Waals surface area contributed by atoms with Crippen molar-refractivity contribution in [3.8, 4) is 0 Å². The Morgan fingerprint density at radius 3 is 2.60 bits per heavy atom. The number of benzene rings is 2. The Hall–Kier alpha value is -2.21. The molecule has 4 nitrogen and oxygen atoms in total. The molecule has 1 aromatic heterocycles. The molecule has 1 fully saturated rings. The van der Waals surface area contributed by atoms with Crippen molar-refractivity contribution in [2.45, 2.75) is 44.7 Å². The predicted octanol–water partition coefficient (Wildman–Crippen LogP) is 6.01. The van der Waals surface area contributed by atoms with Gasteiger partial charge in [0.15, 0.2) is 0 Å². The van der Waals surface area contributed by atoms with Gasteiger partial charge in [-0.2, -0.15) is 0 Å². The first kappa shape index (κ1) is 21.0. The van der Waals surface area contributed by atoms with Crippen LogP contribution in [0.1, 0.15) is 56.8 Å². The van der Waals surface area contributed by atoms with Crippen molar-refractivity contribution in [3.05, 3.63) is 86.3 Å². The van der Waals surface area contributed by atoms with E-state index in [1.54, 1.807) is 0 Å². The second-order valence-electron chi connectivity index (χ2n) is 7.73. The lowest BCUT2D eigenvalue weighted by molar-refractivity contribution is 0.0700. The average molecular weight is 441 g/mol. The molecule has 0 aliphatic carbocycles. The van der Waals surface area contributed by atoms with Gasteiger partial charge in [-0.15, -0.1) is 11.3 Å². The van der Waals surface area contributed by atoms with Crippen molar-refractivity contribution in [3.63, 3.8) is 0 Å². The quantitative estimate of drug-likeness (QED) is 0.466. The van der Waals surface area contributed by atoms with E-state index in [0.717, 1.165) is 54.5 Å². The minimum Gasteiger partial charge on any atom is -0.477 e. The molecule has 1 atom stereocenters. The van der Waals surface area contributed by atoms with Gasteiger partial charge in [-0.3, -0.25) is 4.90 Å². The van der Waals surface area contributed by atoms with Gasteiger partial charge in [-0.05, 0) is 61.9 Å². The fourth-order valence-electron chi connectivity index (χ4n) is 4.07. The van der Waals surface area contributed by atoms with E-state index in [4.69, 9.17) is 16.6 Å². The molecule has 0 radical (unpaired) electrons. The SMILES string of the molecule is O=C(O)c1sc(C2CCCN2Cc2ccc(Cl)cc2)nc1CCCc1ccccc1. The highest BCUT2D eigenvalue weighted by atomic mass is 35.5. The maximum Gasteiger partial charge on any atom is 0.347 e. The van der Waals surface area contributed by atoms with Crippen LogP contribution in [0, 0.1) is 0 Å². The van der Waals surface area contributed by atoms with Crippen molar-refractivity contribution in [1.82, 2.24) is 9.88 Å². The molecule has 2 aromatic carbocycles. The molecule has 1 aliphatic heterocycles. The van der Waals surface area contributed by atoms with Gasteiger partial charge in [0.2, 0.25) is 0 Å². The number of hydrogen-bond donors (Lipinski definition) is 1. The van der Waals surface area contributed by atoms with E-state index in [0.29, 0.717) is 11.3 Å². The molecule has 1 N–H and O–H groups in total. The summed E-state index contributed by atoms with van der Waals surface area (Å²) in [6.07, 6.45) is 4.63. The normalized spacial score (nSPS) is 16.8. The van der Waals surface area contributed by atoms with Gasteiger partial charge in [-0.1, -0.05) is 54.1 Å². The predicted molar refractivity (Wildman–Crippen MR) is 121 cm³/mol. The second kappa shape index (κ2) is 9.73. The number of aryl methyl sites for hydroxylation is 2. The zero-order chi connectivity index (χ0) is 20.9. The Labute approximate surface area is 186 Å². The lowest BCUT2D eigenvalue weighted by Crippen LogP contribution is -2.22. The van der Waals surface area contributed by atoms with Crippen molar-refractivity contribution in [2.24, 2.45) is 0 Å². The molecule has 3 aromatic rings. The number of likely N-dealkylation sites (tertiary alicyclic amines) is 1. The number of halogens is 1. The van der Waals surface area contributed by atoms with Crippen molar-refractivity contribution in [2.75, 3.05) is 6.54 Å². The highest BCUT2D eigenvalue weighted by molar-refractivity contribution is 7.13. The molecule has 1 saturated heterocycles. The van der Waals surface area contributed by atoms with Gasteiger partial charge in [0.1, 0.15) is 9.88 Å². The zero-order valence-corrected chi connectivity index (χ0v) is 18.3. The van der Waals surface area contributed by atoms with E-state index in [1.165, 1.54) is 22.5 Å². The van der Waals surface area contributed by atoms with Crippen LogP contribution in [0.4, 0.5) is 0 Å². The maximum absolute atomic E-state index is 11.8. The largest absolute Gasteiger partial charge is 0.477 e. The molecule has 156 valence electrons. The summed E-state index contributed by atoms with van der Waals surface area (Å²) >= 11 is 7.36. The standard InChI is InChI=1S/C24H25ClN2O2S/c25-19-13-11-18(12-14-19)16-27-15-5-10-21(27)23-26-20(22(30-23)24(28)29)9-4-8-17-6-2-1-3-7-17/h1-3,6-7,11-14,21H,4-5,8-10,15-16H2,(H,28,29). The fourth-order valence-corrected chi connectivity index (χ4v) is 5.32. The van der Waals surface area contributed by atoms with E-state index >= 15 is 0 Å². The molecule has 0 bridgehead atoms. The van der Waals surface area contributed by atoms with Crippen LogP contribution in [0.5, 0.6) is 0 Å². The highest BCUT2D eigenvalue weighted by Gasteiger charge is 2.30. The maximum atomic E-state index is 11.8. The monoisotopic (exact) mass is 440 g/mol. The van der Waals surface area contributed by atoms with Crippen LogP contribution in [-0.4, -0.2) is 27.5 Å². The summed E-state index contributed by atoms with van der Waals surface area (Å²) in [5, 5.41) is 11.4. The van der Waals surface area contributed by atoms with Crippen LogP contribution in [-0.2, 0) is 19.4 Å². The fraction of sp³-hybridized carbons (Fsp3) is 0.333. The molecule has 2 heterocycles. The lowest BCUT2D eigenvalue weighted by atomic mass is 10.1. The van der Waals surface area contributed by atoms with Gasteiger partial charge in [0.25, 0.3) is 0 Å². The summed E-state index contributed by atoms with van der Waals surface area (Å²) in [6.45, 7) is 1.83. The molecule has 30 heavy (non-hydrogen) atoms. The molecular formula is C24H25ClN2O2S. The average Bonchev–Trinajstić information content (AvgIpc) is 3.37. The molecule has 0 spiro atoms. The summed E-state index contributed by atoms with van der Waals surface area (Å²) in [5.74, 6) is -0.865. The third kappa shape index (κ3) is 5.09. The minimum absolute atomic E-state index is 0.187. The highest BCUT2D eigenvalue weighted by Crippen LogP contribution is 2.37. The van der Waals surface area contributed by atoms with Crippen LogP contribution < -0.4 is 0 Å². The molecule has 1 unspecified atom stereocenters. The van der Waals surface area contributed by atoms with Crippen LogP contribution in [0.15, 0.2) is 54.6 Å². The zero-order valence-electron chi connectivity index (χ0n) is 16.8. The number of thiazole rings is 1. The Bertz CT molecular complexity index is 988. The smallest absolute Gasteiger partial charge is 0.347 e. The first-order chi connectivity index (χ1) is 14.6. The second-order valence-corrected chi connectivity index (χ2v) is 9.19. The van der Waals surface area contributed by atoms with Crippen LogP contribution in [0.2, 0.25) is 5.02 Å². The molecule has 0 saturated carbocycles. The van der Waals surface area contributed by atoms with Crippen molar-refractivity contribution in [1.29, 1.82) is 0 Å². The summed E-state index contributed by atoms with van der Waals surface area (Å²) in [4.78, 5) is 19.5. The number of aromatic carboxylic acids is 1. The Morgan fingerprint density at radius 1 is 1.10 bits per heavy atom. The Morgan fingerprint density at radius 2 is 1.87 bits per heavy atom. The number of rotatable bonds is 8. The Kier molecular flexibility index (Phi) is 6.82. The van der Waals surface area contributed by atoms with E-state index in [9.17, 15) is 9.90 Å². The van der Waals surface area contributed by atoms with Crippen LogP contribution in [0.25, 0.3) is 0 Å². The third-order valence-corrected chi connectivity index (χ3v) is 7.02. The lowest BCUT2D eigenvalue weighted by Gasteiger charge is -2.22. The molecule has 1 aliphatic rings. The molecule has 4 rings (SSSR count). The van der Waals surface area contributed by atoms with Gasteiger partial charge in [-0.25, -0.2) is 9.78 Å². The summed E-state index contributed by atoms with van der Waals surface area (Å²) in [6, 6.07) is 18.4. The van der Waals surface area contributed by atoms with Crippen molar-refractivity contribution >= 4 is 28.9 Å². The van der Waals surface area contributed by atoms with E-state index in [-0.39, 0.29) is 6.04 Å². The van der Waals surface area contributed by atoms with Crippen LogP contribution in [0.3, 0.4) is 0 Å². The minimum atomic E-state index is -0.865. The van der Waals surface area contributed by atoms with E-state index in [2.05, 4.69) is 29.2 Å². The summed E-state index contributed by atoms with van der Waals surface area (Å²) in [7, 11) is 0. The van der Waals surface area contributed by atoms with E-state index in [1.807, 2.05) is 30.3 Å². The Balaban J connectivity index is 1.46. The van der Waals surface area contributed by atoms with Gasteiger partial charge >= 0.3 is 5.97 Å². The summed E-state index contributed by atoms with van der Waals surface area (Å²) in [5.41, 5.74) is 3.22. The van der Waals surface area contributed by atoms with Gasteiger partial charge in [0.05, 0.1) is 11.7 Å². The number of hydrogen-bond acceptors (Lipinski definition) is 4. The molecule has 0 amide bonds. The number of carbonyl (C=O) groups is 1. The first-order valence-electron chi connectivity index (χ1n) is 10.4. The van der Waals surface area contributed by atoms with Gasteiger partial charge < -0.3 is 5.11 Å². The number of aromatic nitrogens is 1. The third-order valence-electron chi connectivity index (χ3n) is 5.58. The molecule has 6 heteroatoms. The van der Waals surface area contributed by atoms with Crippen molar-refractivity contribution < 1.29 is 9.90 Å². The van der Waals surface area contributed by atoms with Crippen LogP contribution >= 0.6 is 22.9 Å². The number of nitrogens with zero attached hydrogens (tertiary/aromatic N) is 2. The number of carboxylic acid groups (broad SMARTS) is 1. The summed E-state index contributed by atoms with van der Waals surface area (Å²) < 4.78 is 0. The van der Waals surface area contributed by atoms with Gasteiger partial charge in [0, 0.05) is 11.6 Å². The topological polar surface area (TPSA) is 53.4 Å². The molecular weight excluding hydrogens is 416 g/mol. The van der Waals surface area contributed by atoms with E-state index < -0.39 is 5.97 Å². The number of carboxylic acids is 1.